The number of halogens is 3. The lowest BCUT2D eigenvalue weighted by atomic mass is 9.96. The molecule has 0 aliphatic carbocycles. The van der Waals surface area contributed by atoms with E-state index in [1.54, 1.807) is 23.3 Å². The molecule has 162 valence electrons. The topological polar surface area (TPSA) is 74.6 Å². The second-order valence-corrected chi connectivity index (χ2v) is 7.24. The lowest BCUT2D eigenvalue weighted by Crippen LogP contribution is -2.47. The highest BCUT2D eigenvalue weighted by atomic mass is 19.4. The van der Waals surface area contributed by atoms with Crippen molar-refractivity contribution in [3.8, 4) is 0 Å². The molecule has 1 aliphatic heterocycles. The first-order valence-corrected chi connectivity index (χ1v) is 9.82. The average Bonchev–Trinajstić information content (AvgIpc) is 3.25. The number of urea groups is 1. The van der Waals surface area contributed by atoms with E-state index in [4.69, 9.17) is 4.42 Å². The average molecular weight is 423 g/mol. The molecule has 1 aliphatic rings. The number of benzene rings is 1. The summed E-state index contributed by atoms with van der Waals surface area (Å²) in [6.45, 7) is 1.63. The normalized spacial score (nSPS) is 15.1. The highest BCUT2D eigenvalue weighted by Gasteiger charge is 2.30. The van der Waals surface area contributed by atoms with Crippen molar-refractivity contribution in [2.24, 2.45) is 5.92 Å². The molecule has 0 saturated carbocycles. The highest BCUT2D eigenvalue weighted by Crippen LogP contribution is 2.29. The monoisotopic (exact) mass is 423 g/mol. The van der Waals surface area contributed by atoms with Gasteiger partial charge in [0.15, 0.2) is 0 Å². The maximum absolute atomic E-state index is 12.6. The van der Waals surface area contributed by atoms with Crippen LogP contribution in [0, 0.1) is 5.92 Å². The molecule has 0 spiro atoms. The number of carbonyl (C=O) groups is 2. The van der Waals surface area contributed by atoms with E-state index in [-0.39, 0.29) is 17.9 Å². The van der Waals surface area contributed by atoms with Crippen LogP contribution in [0.3, 0.4) is 0 Å². The van der Waals surface area contributed by atoms with Gasteiger partial charge in [-0.2, -0.15) is 13.2 Å². The first-order valence-electron chi connectivity index (χ1n) is 9.82. The molecule has 1 aromatic heterocycles. The minimum atomic E-state index is -4.35. The van der Waals surface area contributed by atoms with Crippen molar-refractivity contribution in [2.45, 2.75) is 32.0 Å². The second-order valence-electron chi connectivity index (χ2n) is 7.24. The van der Waals surface area contributed by atoms with E-state index in [1.165, 1.54) is 12.1 Å². The van der Waals surface area contributed by atoms with E-state index in [1.807, 2.05) is 0 Å². The van der Waals surface area contributed by atoms with Gasteiger partial charge in [-0.1, -0.05) is 12.1 Å². The Bertz CT molecular complexity index is 827. The molecule has 1 saturated heterocycles. The highest BCUT2D eigenvalue weighted by molar-refractivity contribution is 5.79. The van der Waals surface area contributed by atoms with Crippen molar-refractivity contribution in [1.82, 2.24) is 15.5 Å². The Morgan fingerprint density at radius 3 is 2.37 bits per heavy atom. The number of nitrogens with one attached hydrogen (secondary N) is 2. The molecule has 3 rings (SSSR count). The lowest BCUT2D eigenvalue weighted by molar-refractivity contribution is -0.137. The zero-order valence-electron chi connectivity index (χ0n) is 16.4. The van der Waals surface area contributed by atoms with Crippen molar-refractivity contribution in [3.63, 3.8) is 0 Å². The van der Waals surface area contributed by atoms with Gasteiger partial charge in [0.2, 0.25) is 5.91 Å². The molecule has 30 heavy (non-hydrogen) atoms. The molecule has 6 nitrogen and oxygen atoms in total. The van der Waals surface area contributed by atoms with Crippen LogP contribution in [0.5, 0.6) is 0 Å². The second kappa shape index (κ2) is 9.69. The Balaban J connectivity index is 1.35. The van der Waals surface area contributed by atoms with Crippen molar-refractivity contribution >= 4 is 11.9 Å². The zero-order chi connectivity index (χ0) is 21.6. The van der Waals surface area contributed by atoms with Crippen molar-refractivity contribution in [1.29, 1.82) is 0 Å². The number of alkyl halides is 3. The molecule has 0 atom stereocenters. The minimum absolute atomic E-state index is 0.0474. The Morgan fingerprint density at radius 1 is 1.07 bits per heavy atom. The SMILES string of the molecule is O=C(NCc1ccco1)C1CCN(C(=O)NCCc2ccc(C(F)(F)F)cc2)CC1. The van der Waals surface area contributed by atoms with Crippen LogP contribution in [-0.4, -0.2) is 36.5 Å². The molecule has 0 radical (unpaired) electrons. The molecule has 1 aromatic carbocycles. The molecule has 0 unspecified atom stereocenters. The Labute approximate surface area is 172 Å². The van der Waals surface area contributed by atoms with E-state index in [0.29, 0.717) is 51.2 Å². The van der Waals surface area contributed by atoms with Gasteiger partial charge in [0, 0.05) is 25.6 Å². The number of rotatable bonds is 6. The van der Waals surface area contributed by atoms with Crippen LogP contribution in [-0.2, 0) is 23.9 Å². The molecule has 9 heteroatoms. The molecule has 3 amide bonds. The standard InChI is InChI=1S/C21H24F3N3O3/c22-21(23,24)17-5-3-15(4-6-17)7-10-25-20(29)27-11-8-16(9-12-27)19(28)26-14-18-2-1-13-30-18/h1-6,13,16H,7-12,14H2,(H,25,29)(H,26,28). The summed E-state index contributed by atoms with van der Waals surface area (Å²) in [6.07, 6.45) is -1.20. The largest absolute Gasteiger partial charge is 0.467 e. The molecule has 2 aromatic rings. The fraction of sp³-hybridized carbons (Fsp3) is 0.429. The smallest absolute Gasteiger partial charge is 0.416 e. The van der Waals surface area contributed by atoms with Gasteiger partial charge in [-0.25, -0.2) is 4.79 Å². The molecule has 1 fully saturated rings. The third-order valence-corrected chi connectivity index (χ3v) is 5.14. The van der Waals surface area contributed by atoms with Gasteiger partial charge in [-0.3, -0.25) is 4.79 Å². The summed E-state index contributed by atoms with van der Waals surface area (Å²) in [5.41, 5.74) is 0.0292. The molecular weight excluding hydrogens is 399 g/mol. The van der Waals surface area contributed by atoms with Gasteiger partial charge < -0.3 is 20.0 Å². The first-order chi connectivity index (χ1) is 14.3. The van der Waals surface area contributed by atoms with E-state index in [9.17, 15) is 22.8 Å². The number of piperidine rings is 1. The summed E-state index contributed by atoms with van der Waals surface area (Å²) in [6, 6.07) is 8.24. The van der Waals surface area contributed by atoms with Crippen molar-refractivity contribution < 1.29 is 27.2 Å². The maximum atomic E-state index is 12.6. The number of hydrogen-bond donors (Lipinski definition) is 2. The van der Waals surface area contributed by atoms with Gasteiger partial charge in [0.1, 0.15) is 5.76 Å². The quantitative estimate of drug-likeness (QED) is 0.746. The van der Waals surface area contributed by atoms with Crippen LogP contribution in [0.15, 0.2) is 47.1 Å². The summed E-state index contributed by atoms with van der Waals surface area (Å²) in [5, 5.41) is 5.63. The van der Waals surface area contributed by atoms with Crippen LogP contribution in [0.1, 0.15) is 29.7 Å². The summed E-state index contributed by atoms with van der Waals surface area (Å²) < 4.78 is 42.9. The molecule has 2 heterocycles. The summed E-state index contributed by atoms with van der Waals surface area (Å²) in [5.74, 6) is 0.498. The maximum Gasteiger partial charge on any atom is 0.416 e. The number of likely N-dealkylation sites (tertiary alicyclic amines) is 1. The number of nitrogens with zero attached hydrogens (tertiary/aromatic N) is 1. The molecule has 2 N–H and O–H groups in total. The Hall–Kier alpha value is -2.97. The van der Waals surface area contributed by atoms with Crippen LogP contribution in [0.25, 0.3) is 0 Å². The minimum Gasteiger partial charge on any atom is -0.467 e. The number of furan rings is 1. The Kier molecular flexibility index (Phi) is 7.02. The van der Waals surface area contributed by atoms with Gasteiger partial charge in [0.25, 0.3) is 0 Å². The number of amides is 3. The predicted octanol–water partition coefficient (Wildman–Crippen LogP) is 3.58. The summed E-state index contributed by atoms with van der Waals surface area (Å²) in [7, 11) is 0. The predicted molar refractivity (Wildman–Crippen MR) is 103 cm³/mol. The van der Waals surface area contributed by atoms with Crippen molar-refractivity contribution in [3.05, 3.63) is 59.5 Å². The first kappa shape index (κ1) is 21.7. The van der Waals surface area contributed by atoms with Crippen LogP contribution >= 0.6 is 0 Å². The number of hydrogen-bond acceptors (Lipinski definition) is 3. The van der Waals surface area contributed by atoms with Crippen LogP contribution < -0.4 is 10.6 Å². The van der Waals surface area contributed by atoms with E-state index >= 15 is 0 Å². The van der Waals surface area contributed by atoms with Crippen molar-refractivity contribution in [2.75, 3.05) is 19.6 Å². The van der Waals surface area contributed by atoms with Crippen LogP contribution in [0.2, 0.25) is 0 Å². The van der Waals surface area contributed by atoms with E-state index in [2.05, 4.69) is 10.6 Å². The number of carbonyl (C=O) groups excluding carboxylic acids is 2. The zero-order valence-corrected chi connectivity index (χ0v) is 16.4. The Morgan fingerprint density at radius 2 is 1.77 bits per heavy atom. The van der Waals surface area contributed by atoms with Crippen LogP contribution in [0.4, 0.5) is 18.0 Å². The lowest BCUT2D eigenvalue weighted by Gasteiger charge is -2.31. The summed E-state index contributed by atoms with van der Waals surface area (Å²) in [4.78, 5) is 26.2. The molecule has 0 bridgehead atoms. The van der Waals surface area contributed by atoms with Gasteiger partial charge >= 0.3 is 12.2 Å². The third kappa shape index (κ3) is 6.01. The van der Waals surface area contributed by atoms with E-state index < -0.39 is 11.7 Å². The summed E-state index contributed by atoms with van der Waals surface area (Å²) >= 11 is 0. The van der Waals surface area contributed by atoms with Gasteiger partial charge in [0.05, 0.1) is 18.4 Å². The van der Waals surface area contributed by atoms with Gasteiger partial charge in [-0.15, -0.1) is 0 Å². The fourth-order valence-corrected chi connectivity index (χ4v) is 3.36. The fourth-order valence-electron chi connectivity index (χ4n) is 3.36. The third-order valence-electron chi connectivity index (χ3n) is 5.14. The molecular formula is C21H24F3N3O3. The van der Waals surface area contributed by atoms with E-state index in [0.717, 1.165) is 17.7 Å². The van der Waals surface area contributed by atoms with Gasteiger partial charge in [-0.05, 0) is 49.1 Å².